The molecule has 168 valence electrons. The van der Waals surface area contributed by atoms with Gasteiger partial charge in [-0.25, -0.2) is 4.39 Å². The molecule has 0 nitrogen and oxygen atoms in total. The number of fused-ring (bicyclic) bond motifs is 2. The van der Waals surface area contributed by atoms with Crippen LogP contribution in [0.15, 0.2) is 42.5 Å². The topological polar surface area (TPSA) is 0 Å². The molecule has 2 aliphatic rings. The summed E-state index contributed by atoms with van der Waals surface area (Å²) in [6.45, 7) is 4.35. The zero-order chi connectivity index (χ0) is 21.6. The molecule has 2 aliphatic carbocycles. The largest absolute Gasteiger partial charge is 0.206 e. The SMILES string of the molecule is C/C=C/CCc1ccc2cc([C@@H]3CC[C@@H]4CC(CCCCC)CCC4C3)cc(F)c2c1. The molecule has 31 heavy (non-hydrogen) atoms. The van der Waals surface area contributed by atoms with Crippen LogP contribution < -0.4 is 0 Å². The molecule has 0 aromatic heterocycles. The predicted molar refractivity (Wildman–Crippen MR) is 132 cm³/mol. The van der Waals surface area contributed by atoms with Gasteiger partial charge in [-0.15, -0.1) is 0 Å². The van der Waals surface area contributed by atoms with E-state index < -0.39 is 0 Å². The lowest BCUT2D eigenvalue weighted by atomic mass is 9.63. The first-order valence-corrected chi connectivity index (χ1v) is 13.0. The van der Waals surface area contributed by atoms with Gasteiger partial charge in [0.2, 0.25) is 0 Å². The van der Waals surface area contributed by atoms with Crippen molar-refractivity contribution < 1.29 is 4.39 Å². The summed E-state index contributed by atoms with van der Waals surface area (Å²) in [5.74, 6) is 3.30. The van der Waals surface area contributed by atoms with Gasteiger partial charge in [0.05, 0.1) is 0 Å². The van der Waals surface area contributed by atoms with Gasteiger partial charge in [-0.3, -0.25) is 0 Å². The van der Waals surface area contributed by atoms with Crippen LogP contribution in [0.2, 0.25) is 0 Å². The second-order valence-electron chi connectivity index (χ2n) is 10.4. The van der Waals surface area contributed by atoms with E-state index in [4.69, 9.17) is 0 Å². The van der Waals surface area contributed by atoms with Gasteiger partial charge in [-0.2, -0.15) is 0 Å². The molecular weight excluding hydrogens is 379 g/mol. The number of halogens is 1. The summed E-state index contributed by atoms with van der Waals surface area (Å²) in [6.07, 6.45) is 20.0. The number of hydrogen-bond donors (Lipinski definition) is 0. The van der Waals surface area contributed by atoms with E-state index in [0.717, 1.165) is 41.4 Å². The number of aryl methyl sites for hydroxylation is 1. The second kappa shape index (κ2) is 10.8. The molecule has 0 spiro atoms. The van der Waals surface area contributed by atoms with Crippen LogP contribution in [-0.2, 0) is 6.42 Å². The molecular formula is C30H41F. The van der Waals surface area contributed by atoms with Crippen molar-refractivity contribution in [2.24, 2.45) is 17.8 Å². The van der Waals surface area contributed by atoms with Gasteiger partial charge >= 0.3 is 0 Å². The average Bonchev–Trinajstić information content (AvgIpc) is 2.79. The van der Waals surface area contributed by atoms with Crippen LogP contribution in [0.5, 0.6) is 0 Å². The molecule has 2 unspecified atom stereocenters. The van der Waals surface area contributed by atoms with Gasteiger partial charge in [0.25, 0.3) is 0 Å². The minimum atomic E-state index is -0.0258. The van der Waals surface area contributed by atoms with Crippen molar-refractivity contribution in [3.63, 3.8) is 0 Å². The smallest absolute Gasteiger partial charge is 0.131 e. The molecule has 0 N–H and O–H groups in total. The van der Waals surface area contributed by atoms with Crippen LogP contribution in [-0.4, -0.2) is 0 Å². The Balaban J connectivity index is 1.41. The van der Waals surface area contributed by atoms with Crippen LogP contribution in [0, 0.1) is 23.6 Å². The zero-order valence-corrected chi connectivity index (χ0v) is 19.7. The van der Waals surface area contributed by atoms with Crippen molar-refractivity contribution >= 4 is 10.8 Å². The summed E-state index contributed by atoms with van der Waals surface area (Å²) in [5, 5.41) is 1.87. The Morgan fingerprint density at radius 2 is 1.81 bits per heavy atom. The molecule has 2 aromatic rings. The van der Waals surface area contributed by atoms with E-state index in [1.54, 1.807) is 0 Å². The average molecular weight is 421 g/mol. The highest BCUT2D eigenvalue weighted by atomic mass is 19.1. The molecule has 0 radical (unpaired) electrons. The van der Waals surface area contributed by atoms with Crippen LogP contribution >= 0.6 is 0 Å². The van der Waals surface area contributed by atoms with Gasteiger partial charge in [0.1, 0.15) is 5.82 Å². The van der Waals surface area contributed by atoms with Gasteiger partial charge in [-0.05, 0) is 104 Å². The molecule has 0 heterocycles. The van der Waals surface area contributed by atoms with E-state index in [1.165, 1.54) is 75.3 Å². The van der Waals surface area contributed by atoms with Gasteiger partial charge < -0.3 is 0 Å². The van der Waals surface area contributed by atoms with E-state index in [0.29, 0.717) is 5.92 Å². The molecule has 0 amide bonds. The number of allylic oxidation sites excluding steroid dienone is 2. The number of benzene rings is 2. The maximum absolute atomic E-state index is 15.1. The molecule has 0 aliphatic heterocycles. The number of rotatable bonds is 8. The van der Waals surface area contributed by atoms with Gasteiger partial charge in [0, 0.05) is 5.39 Å². The maximum atomic E-state index is 15.1. The third-order valence-electron chi connectivity index (χ3n) is 8.23. The monoisotopic (exact) mass is 420 g/mol. The molecule has 2 fully saturated rings. The van der Waals surface area contributed by atoms with Gasteiger partial charge in [-0.1, -0.05) is 69.4 Å². The zero-order valence-electron chi connectivity index (χ0n) is 19.7. The summed E-state index contributed by atoms with van der Waals surface area (Å²) in [6, 6.07) is 10.5. The highest BCUT2D eigenvalue weighted by Crippen LogP contribution is 2.48. The molecule has 0 bridgehead atoms. The summed E-state index contributed by atoms with van der Waals surface area (Å²) in [4.78, 5) is 0. The Bertz CT molecular complexity index is 879. The first-order valence-electron chi connectivity index (χ1n) is 13.0. The molecule has 2 saturated carbocycles. The standard InChI is InChI=1S/C30H41F/c1-3-5-7-9-22-11-13-25-19-26(16-15-24(25)17-22)28-20-27-14-12-23(10-8-6-4-2)18-29(27)30(31)21-28/h4,6,12,14,18,20-22,24-26H,3,5,7-11,13,15-17,19H2,1-2H3/b6-4+/t22?,24-,25?,26-/m1/s1. The fourth-order valence-corrected chi connectivity index (χ4v) is 6.42. The Morgan fingerprint density at radius 3 is 2.65 bits per heavy atom. The quantitative estimate of drug-likeness (QED) is 0.295. The molecule has 1 heteroatoms. The first-order chi connectivity index (χ1) is 15.2. The Morgan fingerprint density at radius 1 is 0.968 bits per heavy atom. The Kier molecular flexibility index (Phi) is 7.86. The van der Waals surface area contributed by atoms with Crippen molar-refractivity contribution in [1.82, 2.24) is 0 Å². The predicted octanol–water partition coefficient (Wildman–Crippen LogP) is 9.37. The van der Waals surface area contributed by atoms with E-state index in [2.05, 4.69) is 43.3 Å². The summed E-state index contributed by atoms with van der Waals surface area (Å²) in [7, 11) is 0. The lowest BCUT2D eigenvalue weighted by Gasteiger charge is -2.42. The van der Waals surface area contributed by atoms with Crippen molar-refractivity contribution in [2.45, 2.75) is 96.8 Å². The van der Waals surface area contributed by atoms with Crippen LogP contribution in [0.3, 0.4) is 0 Å². The molecule has 0 saturated heterocycles. The molecule has 4 atom stereocenters. The maximum Gasteiger partial charge on any atom is 0.131 e. The fraction of sp³-hybridized carbons (Fsp3) is 0.600. The summed E-state index contributed by atoms with van der Waals surface area (Å²) < 4.78 is 15.1. The van der Waals surface area contributed by atoms with Crippen molar-refractivity contribution in [1.29, 1.82) is 0 Å². The van der Waals surface area contributed by atoms with Crippen LogP contribution in [0.25, 0.3) is 10.8 Å². The van der Waals surface area contributed by atoms with Crippen molar-refractivity contribution in [2.75, 3.05) is 0 Å². The van der Waals surface area contributed by atoms with Crippen LogP contribution in [0.1, 0.15) is 102 Å². The second-order valence-corrected chi connectivity index (χ2v) is 10.4. The Labute approximate surface area is 189 Å². The summed E-state index contributed by atoms with van der Waals surface area (Å²) in [5.41, 5.74) is 2.48. The van der Waals surface area contributed by atoms with E-state index in [1.807, 2.05) is 13.0 Å². The van der Waals surface area contributed by atoms with E-state index in [-0.39, 0.29) is 5.82 Å². The third-order valence-corrected chi connectivity index (χ3v) is 8.23. The minimum absolute atomic E-state index is 0.0258. The fourth-order valence-electron chi connectivity index (χ4n) is 6.42. The number of unbranched alkanes of at least 4 members (excludes halogenated alkanes) is 2. The highest BCUT2D eigenvalue weighted by molar-refractivity contribution is 5.84. The minimum Gasteiger partial charge on any atom is -0.206 e. The van der Waals surface area contributed by atoms with Crippen molar-refractivity contribution in [3.05, 3.63) is 59.4 Å². The van der Waals surface area contributed by atoms with Crippen LogP contribution in [0.4, 0.5) is 4.39 Å². The third kappa shape index (κ3) is 5.60. The Hall–Kier alpha value is -1.63. The lowest BCUT2D eigenvalue weighted by molar-refractivity contribution is 0.113. The van der Waals surface area contributed by atoms with Gasteiger partial charge in [0.15, 0.2) is 0 Å². The highest BCUT2D eigenvalue weighted by Gasteiger charge is 2.35. The van der Waals surface area contributed by atoms with Crippen molar-refractivity contribution in [3.8, 4) is 0 Å². The van der Waals surface area contributed by atoms with E-state index in [9.17, 15) is 0 Å². The molecule has 2 aromatic carbocycles. The first kappa shape index (κ1) is 22.6. The van der Waals surface area contributed by atoms with E-state index >= 15 is 4.39 Å². The summed E-state index contributed by atoms with van der Waals surface area (Å²) >= 11 is 0. The molecule has 4 rings (SSSR count). The normalized spacial score (nSPS) is 26.4. The number of hydrogen-bond acceptors (Lipinski definition) is 0. The lowest BCUT2D eigenvalue weighted by Crippen LogP contribution is -2.30.